The van der Waals surface area contributed by atoms with Crippen LogP contribution in [0.3, 0.4) is 0 Å². The van der Waals surface area contributed by atoms with Crippen LogP contribution in [0.5, 0.6) is 5.75 Å². The van der Waals surface area contributed by atoms with Crippen LogP contribution in [0.2, 0.25) is 0 Å². The van der Waals surface area contributed by atoms with Crippen LogP contribution in [0, 0.1) is 6.92 Å². The highest BCUT2D eigenvalue weighted by atomic mass is 32.2. The molecule has 0 N–H and O–H groups in total. The van der Waals surface area contributed by atoms with Crippen molar-refractivity contribution in [1.29, 1.82) is 0 Å². The van der Waals surface area contributed by atoms with Gasteiger partial charge < -0.3 is 4.74 Å². The lowest BCUT2D eigenvalue weighted by molar-refractivity contribution is 0.0919. The molecule has 0 aromatic heterocycles. The second-order valence-corrected chi connectivity index (χ2v) is 5.08. The predicted molar refractivity (Wildman–Crippen MR) is 79.2 cm³/mol. The molecule has 98 valence electrons. The van der Waals surface area contributed by atoms with E-state index < -0.39 is 0 Å². The summed E-state index contributed by atoms with van der Waals surface area (Å²) in [5, 5.41) is 0. The summed E-state index contributed by atoms with van der Waals surface area (Å²) in [6, 6.07) is 15.3. The zero-order valence-corrected chi connectivity index (χ0v) is 11.9. The van der Waals surface area contributed by atoms with Crippen LogP contribution in [0.25, 0.3) is 0 Å². The van der Waals surface area contributed by atoms with E-state index in [9.17, 15) is 4.79 Å². The number of Topliss-reactive ketones (excluding diaryl/α,β-unsaturated/α-hetero) is 1. The van der Waals surface area contributed by atoms with E-state index in [-0.39, 0.29) is 12.4 Å². The van der Waals surface area contributed by atoms with Gasteiger partial charge in [-0.15, -0.1) is 11.8 Å². The number of benzene rings is 2. The van der Waals surface area contributed by atoms with E-state index >= 15 is 0 Å². The number of hydrogen-bond acceptors (Lipinski definition) is 3. The minimum absolute atomic E-state index is 0.000365. The Kier molecular flexibility index (Phi) is 4.63. The predicted octanol–water partition coefficient (Wildman–Crippen LogP) is 3.98. The van der Waals surface area contributed by atoms with Crippen molar-refractivity contribution < 1.29 is 9.53 Å². The van der Waals surface area contributed by atoms with Crippen LogP contribution in [0.4, 0.5) is 0 Å². The maximum atomic E-state index is 12.0. The third-order valence-corrected chi connectivity index (χ3v) is 3.54. The first-order valence-corrected chi connectivity index (χ1v) is 7.29. The van der Waals surface area contributed by atoms with Crippen molar-refractivity contribution in [2.24, 2.45) is 0 Å². The first-order valence-electron chi connectivity index (χ1n) is 6.06. The number of carbonyl (C=O) groups is 1. The third kappa shape index (κ3) is 3.61. The number of para-hydroxylation sites is 1. The van der Waals surface area contributed by atoms with E-state index in [2.05, 4.69) is 0 Å². The molecule has 0 spiro atoms. The van der Waals surface area contributed by atoms with Gasteiger partial charge >= 0.3 is 0 Å². The van der Waals surface area contributed by atoms with Crippen LogP contribution in [0.15, 0.2) is 53.4 Å². The molecule has 0 fully saturated rings. The quantitative estimate of drug-likeness (QED) is 0.608. The van der Waals surface area contributed by atoms with Crippen LogP contribution in [-0.4, -0.2) is 18.6 Å². The molecule has 0 heterocycles. The van der Waals surface area contributed by atoms with Gasteiger partial charge in [-0.05, 0) is 31.4 Å². The van der Waals surface area contributed by atoms with Crippen molar-refractivity contribution in [2.75, 3.05) is 12.9 Å². The summed E-state index contributed by atoms with van der Waals surface area (Å²) in [5.74, 6) is 0.760. The van der Waals surface area contributed by atoms with Gasteiger partial charge in [-0.1, -0.05) is 35.9 Å². The summed E-state index contributed by atoms with van der Waals surface area (Å²) in [6.45, 7) is 2.04. The molecular formula is C16H16O2S. The summed E-state index contributed by atoms with van der Waals surface area (Å²) in [7, 11) is 0. The number of ketones is 1. The maximum absolute atomic E-state index is 12.0. The monoisotopic (exact) mass is 272 g/mol. The highest BCUT2D eigenvalue weighted by Crippen LogP contribution is 2.26. The van der Waals surface area contributed by atoms with E-state index in [4.69, 9.17) is 4.74 Å². The highest BCUT2D eigenvalue weighted by molar-refractivity contribution is 7.98. The number of rotatable bonds is 5. The SMILES string of the molecule is CSc1ccccc1OCC(=O)c1cccc(C)c1. The molecule has 0 aliphatic rings. The van der Waals surface area contributed by atoms with Crippen LogP contribution >= 0.6 is 11.8 Å². The van der Waals surface area contributed by atoms with Crippen LogP contribution < -0.4 is 4.74 Å². The van der Waals surface area contributed by atoms with Crippen LogP contribution in [0.1, 0.15) is 15.9 Å². The van der Waals surface area contributed by atoms with Gasteiger partial charge in [0, 0.05) is 10.5 Å². The average molecular weight is 272 g/mol. The van der Waals surface area contributed by atoms with Crippen molar-refractivity contribution in [3.63, 3.8) is 0 Å². The number of aryl methyl sites for hydroxylation is 1. The number of carbonyl (C=O) groups excluding carboxylic acids is 1. The van der Waals surface area contributed by atoms with Gasteiger partial charge in [-0.3, -0.25) is 4.79 Å². The number of hydrogen-bond donors (Lipinski definition) is 0. The minimum Gasteiger partial charge on any atom is -0.484 e. The Morgan fingerprint density at radius 3 is 2.68 bits per heavy atom. The summed E-state index contributed by atoms with van der Waals surface area (Å²) >= 11 is 1.61. The van der Waals surface area contributed by atoms with E-state index in [0.29, 0.717) is 5.56 Å². The van der Waals surface area contributed by atoms with Crippen LogP contribution in [-0.2, 0) is 0 Å². The Bertz CT molecular complexity index is 578. The van der Waals surface area contributed by atoms with E-state index in [1.807, 2.05) is 61.7 Å². The van der Waals surface area contributed by atoms with Gasteiger partial charge in [0.15, 0.2) is 12.4 Å². The Balaban J connectivity index is 2.04. The minimum atomic E-state index is -0.000365. The van der Waals surface area contributed by atoms with Gasteiger partial charge in [0.1, 0.15) is 5.75 Å². The zero-order valence-electron chi connectivity index (χ0n) is 11.1. The molecule has 0 saturated heterocycles. The van der Waals surface area contributed by atoms with Crippen molar-refractivity contribution in [1.82, 2.24) is 0 Å². The van der Waals surface area contributed by atoms with Gasteiger partial charge in [0.25, 0.3) is 0 Å². The Morgan fingerprint density at radius 1 is 1.16 bits per heavy atom. The molecule has 0 unspecified atom stereocenters. The first kappa shape index (κ1) is 13.7. The van der Waals surface area contributed by atoms with Crippen molar-refractivity contribution in [3.05, 3.63) is 59.7 Å². The summed E-state index contributed by atoms with van der Waals surface area (Å²) in [6.07, 6.45) is 1.99. The largest absolute Gasteiger partial charge is 0.484 e. The molecule has 0 atom stereocenters. The molecule has 2 rings (SSSR count). The van der Waals surface area contributed by atoms with E-state index in [0.717, 1.165) is 16.2 Å². The smallest absolute Gasteiger partial charge is 0.200 e. The fourth-order valence-corrected chi connectivity index (χ4v) is 2.33. The summed E-state index contributed by atoms with van der Waals surface area (Å²) < 4.78 is 5.61. The van der Waals surface area contributed by atoms with E-state index in [1.54, 1.807) is 11.8 Å². The fraction of sp³-hybridized carbons (Fsp3) is 0.188. The van der Waals surface area contributed by atoms with Gasteiger partial charge in [0.2, 0.25) is 0 Å². The first-order chi connectivity index (χ1) is 9.20. The molecule has 0 amide bonds. The lowest BCUT2D eigenvalue weighted by Crippen LogP contribution is -2.12. The Labute approximate surface area is 117 Å². The zero-order chi connectivity index (χ0) is 13.7. The second-order valence-electron chi connectivity index (χ2n) is 4.23. The molecule has 2 aromatic rings. The summed E-state index contributed by atoms with van der Waals surface area (Å²) in [5.41, 5.74) is 1.77. The lowest BCUT2D eigenvalue weighted by Gasteiger charge is -2.09. The normalized spacial score (nSPS) is 10.2. The second kappa shape index (κ2) is 6.43. The molecule has 3 heteroatoms. The number of ether oxygens (including phenoxy) is 1. The average Bonchev–Trinajstić information content (AvgIpc) is 2.45. The van der Waals surface area contributed by atoms with Gasteiger partial charge in [0.05, 0.1) is 0 Å². The molecule has 2 aromatic carbocycles. The van der Waals surface area contributed by atoms with Gasteiger partial charge in [-0.25, -0.2) is 0 Å². The molecule has 19 heavy (non-hydrogen) atoms. The van der Waals surface area contributed by atoms with Crippen molar-refractivity contribution in [2.45, 2.75) is 11.8 Å². The highest BCUT2D eigenvalue weighted by Gasteiger charge is 2.08. The van der Waals surface area contributed by atoms with E-state index in [1.165, 1.54) is 0 Å². The molecule has 0 aliphatic heterocycles. The Hall–Kier alpha value is -1.74. The maximum Gasteiger partial charge on any atom is 0.200 e. The molecule has 0 bridgehead atoms. The number of thioether (sulfide) groups is 1. The molecule has 0 saturated carbocycles. The molecule has 0 aliphatic carbocycles. The standard InChI is InChI=1S/C16H16O2S/c1-12-6-5-7-13(10-12)14(17)11-18-15-8-3-4-9-16(15)19-2/h3-10H,11H2,1-2H3. The molecular weight excluding hydrogens is 256 g/mol. The Morgan fingerprint density at radius 2 is 1.95 bits per heavy atom. The van der Waals surface area contributed by atoms with Gasteiger partial charge in [-0.2, -0.15) is 0 Å². The fourth-order valence-electron chi connectivity index (χ4n) is 1.78. The lowest BCUT2D eigenvalue weighted by atomic mass is 10.1. The van der Waals surface area contributed by atoms with Crippen molar-refractivity contribution in [3.8, 4) is 5.75 Å². The molecule has 2 nitrogen and oxygen atoms in total. The third-order valence-electron chi connectivity index (χ3n) is 2.77. The topological polar surface area (TPSA) is 26.3 Å². The van der Waals surface area contributed by atoms with Crippen molar-refractivity contribution >= 4 is 17.5 Å². The summed E-state index contributed by atoms with van der Waals surface area (Å²) in [4.78, 5) is 13.1. The molecule has 0 radical (unpaired) electrons.